The predicted molar refractivity (Wildman–Crippen MR) is 107 cm³/mol. The van der Waals surface area contributed by atoms with Crippen LogP contribution in [0, 0.1) is 0 Å². The van der Waals surface area contributed by atoms with Crippen molar-refractivity contribution < 1.29 is 9.31 Å². The van der Waals surface area contributed by atoms with Crippen LogP contribution in [0.15, 0.2) is 47.3 Å². The third-order valence-corrected chi connectivity index (χ3v) is 5.85. The van der Waals surface area contributed by atoms with E-state index in [0.717, 1.165) is 27.1 Å². The van der Waals surface area contributed by atoms with E-state index in [9.17, 15) is 4.79 Å². The molecular weight excluding hydrogens is 325 g/mol. The Labute approximate surface area is 153 Å². The Morgan fingerprint density at radius 2 is 1.54 bits per heavy atom. The first-order valence-corrected chi connectivity index (χ1v) is 9.16. The first-order chi connectivity index (χ1) is 12.2. The van der Waals surface area contributed by atoms with Crippen molar-refractivity contribution in [3.63, 3.8) is 0 Å². The van der Waals surface area contributed by atoms with Gasteiger partial charge in [0.05, 0.1) is 16.7 Å². The standard InChI is InChI=1S/C21H24BNO3/c1-6-23-18-12-11-14(22-25-20(2,3)21(4,5)26-22)13-17(18)15-9-7-8-10-16(15)19(23)24/h7-13H,6H2,1-5H3. The molecule has 26 heavy (non-hydrogen) atoms. The number of benzene rings is 2. The molecule has 0 spiro atoms. The maximum atomic E-state index is 12.8. The molecule has 0 saturated carbocycles. The minimum absolute atomic E-state index is 0.0546. The van der Waals surface area contributed by atoms with E-state index in [2.05, 4.69) is 33.8 Å². The highest BCUT2D eigenvalue weighted by atomic mass is 16.7. The number of nitrogens with zero attached hydrogens (tertiary/aromatic N) is 1. The second-order valence-electron chi connectivity index (χ2n) is 7.96. The van der Waals surface area contributed by atoms with E-state index in [1.807, 2.05) is 47.9 Å². The lowest BCUT2D eigenvalue weighted by molar-refractivity contribution is 0.00578. The Kier molecular flexibility index (Phi) is 3.79. The van der Waals surface area contributed by atoms with Gasteiger partial charge < -0.3 is 13.9 Å². The number of rotatable bonds is 2. The first-order valence-electron chi connectivity index (χ1n) is 9.16. The number of fused-ring (bicyclic) bond motifs is 3. The molecule has 1 aliphatic heterocycles. The van der Waals surface area contributed by atoms with Gasteiger partial charge in [0.2, 0.25) is 0 Å². The largest absolute Gasteiger partial charge is 0.494 e. The molecule has 4 rings (SSSR count). The summed E-state index contributed by atoms with van der Waals surface area (Å²) in [5.74, 6) is 0. The number of hydrogen-bond donors (Lipinski definition) is 0. The Morgan fingerprint density at radius 3 is 2.15 bits per heavy atom. The van der Waals surface area contributed by atoms with Crippen LogP contribution in [-0.2, 0) is 15.9 Å². The van der Waals surface area contributed by atoms with Crippen molar-refractivity contribution in [2.24, 2.45) is 0 Å². The Bertz CT molecular complexity index is 1050. The molecule has 0 bridgehead atoms. The molecule has 3 aromatic rings. The van der Waals surface area contributed by atoms with E-state index in [1.165, 1.54) is 0 Å². The smallest absolute Gasteiger partial charge is 0.399 e. The van der Waals surface area contributed by atoms with Crippen LogP contribution in [0.2, 0.25) is 0 Å². The summed E-state index contributed by atoms with van der Waals surface area (Å²) in [6.45, 7) is 10.8. The highest BCUT2D eigenvalue weighted by molar-refractivity contribution is 6.62. The van der Waals surface area contributed by atoms with Crippen molar-refractivity contribution in [2.75, 3.05) is 0 Å². The summed E-state index contributed by atoms with van der Waals surface area (Å²) in [5, 5.41) is 2.76. The summed E-state index contributed by atoms with van der Waals surface area (Å²) in [6, 6.07) is 13.9. The van der Waals surface area contributed by atoms with E-state index >= 15 is 0 Å². The lowest BCUT2D eigenvalue weighted by atomic mass is 9.78. The van der Waals surface area contributed by atoms with Crippen LogP contribution in [0.1, 0.15) is 34.6 Å². The quantitative estimate of drug-likeness (QED) is 0.525. The van der Waals surface area contributed by atoms with Crippen molar-refractivity contribution in [2.45, 2.75) is 52.4 Å². The number of aromatic nitrogens is 1. The zero-order chi connectivity index (χ0) is 18.7. The molecule has 2 aromatic carbocycles. The van der Waals surface area contributed by atoms with Crippen molar-refractivity contribution in [1.82, 2.24) is 4.57 Å². The van der Waals surface area contributed by atoms with Gasteiger partial charge in [-0.1, -0.05) is 30.3 Å². The molecule has 1 aromatic heterocycles. The Balaban J connectivity index is 1.95. The summed E-state index contributed by atoms with van der Waals surface area (Å²) in [7, 11) is -0.412. The van der Waals surface area contributed by atoms with E-state index in [0.29, 0.717) is 6.54 Å². The SMILES string of the molecule is CCn1c(=O)c2ccccc2c2cc(B3OC(C)(C)C(C)(C)O3)ccc21. The van der Waals surface area contributed by atoms with E-state index in [1.54, 1.807) is 0 Å². The fourth-order valence-electron chi connectivity index (χ4n) is 3.60. The van der Waals surface area contributed by atoms with Gasteiger partial charge in [-0.05, 0) is 57.6 Å². The van der Waals surface area contributed by atoms with Gasteiger partial charge in [0.1, 0.15) is 0 Å². The molecule has 0 N–H and O–H groups in total. The van der Waals surface area contributed by atoms with Crippen LogP contribution in [0.3, 0.4) is 0 Å². The number of aryl methyl sites for hydroxylation is 1. The lowest BCUT2D eigenvalue weighted by Crippen LogP contribution is -2.41. The fourth-order valence-corrected chi connectivity index (χ4v) is 3.60. The zero-order valence-corrected chi connectivity index (χ0v) is 16.0. The van der Waals surface area contributed by atoms with Gasteiger partial charge in [0.15, 0.2) is 0 Å². The Morgan fingerprint density at radius 1 is 0.923 bits per heavy atom. The Hall–Kier alpha value is -2.11. The van der Waals surface area contributed by atoms with Gasteiger partial charge in [0.25, 0.3) is 5.56 Å². The highest BCUT2D eigenvalue weighted by Gasteiger charge is 2.51. The monoisotopic (exact) mass is 349 g/mol. The average Bonchev–Trinajstić information content (AvgIpc) is 2.83. The second kappa shape index (κ2) is 5.70. The van der Waals surface area contributed by atoms with Gasteiger partial charge in [-0.3, -0.25) is 4.79 Å². The fraction of sp³-hybridized carbons (Fsp3) is 0.381. The molecule has 134 valence electrons. The van der Waals surface area contributed by atoms with Crippen LogP contribution in [0.5, 0.6) is 0 Å². The molecular formula is C21H24BNO3. The topological polar surface area (TPSA) is 40.5 Å². The van der Waals surface area contributed by atoms with Crippen molar-refractivity contribution in [3.8, 4) is 0 Å². The molecule has 0 amide bonds. The summed E-state index contributed by atoms with van der Waals surface area (Å²) in [6.07, 6.45) is 0. The first kappa shape index (κ1) is 17.3. The van der Waals surface area contributed by atoms with Gasteiger partial charge in [0, 0.05) is 17.3 Å². The summed E-state index contributed by atoms with van der Waals surface area (Å²) >= 11 is 0. The van der Waals surface area contributed by atoms with Gasteiger partial charge in [-0.25, -0.2) is 0 Å². The van der Waals surface area contributed by atoms with Gasteiger partial charge in [-0.15, -0.1) is 0 Å². The molecule has 1 saturated heterocycles. The maximum Gasteiger partial charge on any atom is 0.494 e. The van der Waals surface area contributed by atoms with Crippen LogP contribution in [-0.4, -0.2) is 22.9 Å². The summed E-state index contributed by atoms with van der Waals surface area (Å²) < 4.78 is 14.2. The summed E-state index contributed by atoms with van der Waals surface area (Å²) in [4.78, 5) is 12.8. The van der Waals surface area contributed by atoms with Gasteiger partial charge >= 0.3 is 7.12 Å². The third-order valence-electron chi connectivity index (χ3n) is 5.85. The molecule has 0 unspecified atom stereocenters. The van der Waals surface area contributed by atoms with Crippen LogP contribution in [0.25, 0.3) is 21.7 Å². The molecule has 0 radical (unpaired) electrons. The molecule has 5 heteroatoms. The van der Waals surface area contributed by atoms with Crippen molar-refractivity contribution in [1.29, 1.82) is 0 Å². The van der Waals surface area contributed by atoms with Crippen molar-refractivity contribution in [3.05, 3.63) is 52.8 Å². The molecule has 2 heterocycles. The normalized spacial score (nSPS) is 18.7. The number of hydrogen-bond acceptors (Lipinski definition) is 3. The second-order valence-corrected chi connectivity index (χ2v) is 7.96. The van der Waals surface area contributed by atoms with E-state index in [4.69, 9.17) is 9.31 Å². The van der Waals surface area contributed by atoms with Crippen LogP contribution in [0.4, 0.5) is 0 Å². The molecule has 1 aliphatic rings. The predicted octanol–water partition coefficient (Wildman–Crippen LogP) is 3.47. The summed E-state index contributed by atoms with van der Waals surface area (Å²) in [5.41, 5.74) is 1.21. The van der Waals surface area contributed by atoms with Crippen molar-refractivity contribution >= 4 is 34.3 Å². The molecule has 4 nitrogen and oxygen atoms in total. The minimum atomic E-state index is -0.412. The highest BCUT2D eigenvalue weighted by Crippen LogP contribution is 2.36. The van der Waals surface area contributed by atoms with E-state index in [-0.39, 0.29) is 16.8 Å². The zero-order valence-electron chi connectivity index (χ0n) is 16.0. The van der Waals surface area contributed by atoms with Gasteiger partial charge in [-0.2, -0.15) is 0 Å². The average molecular weight is 349 g/mol. The molecule has 0 aliphatic carbocycles. The third kappa shape index (κ3) is 2.42. The minimum Gasteiger partial charge on any atom is -0.399 e. The van der Waals surface area contributed by atoms with E-state index < -0.39 is 7.12 Å². The lowest BCUT2D eigenvalue weighted by Gasteiger charge is -2.32. The molecule has 0 atom stereocenters. The number of pyridine rings is 1. The van der Waals surface area contributed by atoms with Crippen LogP contribution < -0.4 is 11.0 Å². The van der Waals surface area contributed by atoms with Crippen LogP contribution >= 0.6 is 0 Å². The molecule has 1 fully saturated rings. The maximum absolute atomic E-state index is 12.8.